The van der Waals surface area contributed by atoms with Gasteiger partial charge in [0.2, 0.25) is 23.6 Å². The summed E-state index contributed by atoms with van der Waals surface area (Å²) in [5.41, 5.74) is 2.09. The molecule has 13 heteroatoms. The van der Waals surface area contributed by atoms with Gasteiger partial charge in [0.15, 0.2) is 11.5 Å². The molecular formula is C39H49N5O8. The summed E-state index contributed by atoms with van der Waals surface area (Å²) in [4.78, 5) is 68.8. The molecule has 0 spiro atoms. The van der Waals surface area contributed by atoms with Crippen LogP contribution < -0.4 is 35.5 Å². The summed E-state index contributed by atoms with van der Waals surface area (Å²) >= 11 is 0. The van der Waals surface area contributed by atoms with E-state index >= 15 is 0 Å². The summed E-state index contributed by atoms with van der Waals surface area (Å²) in [5.74, 6) is -1.57. The monoisotopic (exact) mass is 715 g/mol. The molecule has 0 saturated carbocycles. The quantitative estimate of drug-likeness (QED) is 0.233. The summed E-state index contributed by atoms with van der Waals surface area (Å²) < 4.78 is 16.8. The van der Waals surface area contributed by atoms with Crippen LogP contribution in [0, 0.1) is 5.92 Å². The third-order valence-corrected chi connectivity index (χ3v) is 8.67. The van der Waals surface area contributed by atoms with Gasteiger partial charge in [-0.15, -0.1) is 0 Å². The molecule has 4 rings (SSSR count). The number of hydrogen-bond acceptors (Lipinski definition) is 8. The van der Waals surface area contributed by atoms with E-state index in [1.807, 2.05) is 48.5 Å². The molecule has 4 N–H and O–H groups in total. The van der Waals surface area contributed by atoms with Gasteiger partial charge in [0, 0.05) is 13.6 Å². The number of aryl methyl sites for hydroxylation is 1. The standard InChI is InChI=1S/C39H49N5O8/c1-25(2)36-39(49)44(3)23-35(46)41-28(20-26-12-7-6-8-13-26)24-52-31-16-10-9-15-29(31)37(47)42-30(22-34(45)43-36)38(48)40-19-11-14-27-17-18-32(50-4)33(21-27)51-5/h6-10,12-13,15-18,21,25,28,30,36H,11,14,19-20,22-24H2,1-5H3,(H,40,48)(H,41,46)(H,42,47)(H,43,45)/t28-,30+,36+/m1/s1. The van der Waals surface area contributed by atoms with Crippen LogP contribution in [0.3, 0.4) is 0 Å². The molecule has 1 aliphatic heterocycles. The first-order valence-corrected chi connectivity index (χ1v) is 17.4. The van der Waals surface area contributed by atoms with Crippen LogP contribution in [0.2, 0.25) is 0 Å². The maximum absolute atomic E-state index is 13.7. The SMILES string of the molecule is COc1ccc(CCCNC(=O)[C@@H]2CC(=O)N[C@@H](C(C)C)C(=O)N(C)CC(=O)N[C@H](Cc3ccccc3)COc3ccccc3C(=O)N2)cc1OC. The lowest BCUT2D eigenvalue weighted by molar-refractivity contribution is -0.139. The normalized spacial score (nSPS) is 19.0. The number of rotatable bonds is 10. The van der Waals surface area contributed by atoms with E-state index in [4.69, 9.17) is 14.2 Å². The molecule has 3 atom stereocenters. The zero-order chi connectivity index (χ0) is 37.6. The Morgan fingerprint density at radius 3 is 2.31 bits per heavy atom. The molecule has 3 aromatic rings. The van der Waals surface area contributed by atoms with Gasteiger partial charge in [-0.1, -0.05) is 62.4 Å². The molecule has 3 aromatic carbocycles. The van der Waals surface area contributed by atoms with Gasteiger partial charge in [-0.25, -0.2) is 0 Å². The average Bonchev–Trinajstić information content (AvgIpc) is 3.13. The van der Waals surface area contributed by atoms with Crippen molar-refractivity contribution in [1.29, 1.82) is 0 Å². The number of carbonyl (C=O) groups excluding carboxylic acids is 5. The van der Waals surface area contributed by atoms with Crippen molar-refractivity contribution in [1.82, 2.24) is 26.2 Å². The van der Waals surface area contributed by atoms with Crippen molar-refractivity contribution in [2.75, 3.05) is 41.0 Å². The number of para-hydroxylation sites is 1. The number of nitrogens with zero attached hydrogens (tertiary/aromatic N) is 1. The number of methoxy groups -OCH3 is 2. The number of likely N-dealkylation sites (N-methyl/N-ethyl adjacent to an activating group) is 1. The second-order valence-corrected chi connectivity index (χ2v) is 13.1. The molecule has 13 nitrogen and oxygen atoms in total. The lowest BCUT2D eigenvalue weighted by Gasteiger charge is -2.28. The van der Waals surface area contributed by atoms with Crippen LogP contribution in [0.15, 0.2) is 72.8 Å². The second-order valence-electron chi connectivity index (χ2n) is 13.1. The first-order chi connectivity index (χ1) is 25.0. The fourth-order valence-corrected chi connectivity index (χ4v) is 5.86. The lowest BCUT2D eigenvalue weighted by atomic mass is 10.0. The van der Waals surface area contributed by atoms with Crippen LogP contribution in [0.25, 0.3) is 0 Å². The first kappa shape index (κ1) is 39.2. The van der Waals surface area contributed by atoms with Crippen LogP contribution in [-0.4, -0.2) is 93.5 Å². The Kier molecular flexibility index (Phi) is 14.4. The van der Waals surface area contributed by atoms with Crippen molar-refractivity contribution < 1.29 is 38.2 Å². The summed E-state index contributed by atoms with van der Waals surface area (Å²) in [5, 5.41) is 11.3. The van der Waals surface area contributed by atoms with Crippen LogP contribution in [0.5, 0.6) is 17.2 Å². The van der Waals surface area contributed by atoms with E-state index in [9.17, 15) is 24.0 Å². The van der Waals surface area contributed by atoms with Crippen molar-refractivity contribution in [2.24, 2.45) is 5.92 Å². The zero-order valence-electron chi connectivity index (χ0n) is 30.4. The maximum Gasteiger partial charge on any atom is 0.255 e. The average molecular weight is 716 g/mol. The van der Waals surface area contributed by atoms with Crippen molar-refractivity contribution >= 4 is 29.5 Å². The minimum Gasteiger partial charge on any atom is -0.493 e. The van der Waals surface area contributed by atoms with E-state index in [2.05, 4.69) is 21.3 Å². The summed E-state index contributed by atoms with van der Waals surface area (Å²) in [7, 11) is 4.62. The molecule has 0 aliphatic carbocycles. The zero-order valence-corrected chi connectivity index (χ0v) is 30.4. The molecule has 278 valence electrons. The fraction of sp³-hybridized carbons (Fsp3) is 0.410. The Hall–Kier alpha value is -5.59. The Morgan fingerprint density at radius 2 is 1.60 bits per heavy atom. The Bertz CT molecular complexity index is 1700. The highest BCUT2D eigenvalue weighted by Gasteiger charge is 2.32. The lowest BCUT2D eigenvalue weighted by Crippen LogP contribution is -2.54. The fourth-order valence-electron chi connectivity index (χ4n) is 5.86. The number of carbonyl (C=O) groups is 5. The van der Waals surface area contributed by atoms with Crippen molar-refractivity contribution in [3.63, 3.8) is 0 Å². The molecule has 0 unspecified atom stereocenters. The summed E-state index contributed by atoms with van der Waals surface area (Å²) in [6.07, 6.45) is 1.18. The largest absolute Gasteiger partial charge is 0.493 e. The van der Waals surface area contributed by atoms with Crippen molar-refractivity contribution in [2.45, 2.75) is 57.7 Å². The smallest absolute Gasteiger partial charge is 0.255 e. The Labute approximate surface area is 304 Å². The van der Waals surface area contributed by atoms with Gasteiger partial charge in [-0.2, -0.15) is 0 Å². The second kappa shape index (κ2) is 19.1. The Balaban J connectivity index is 1.56. The molecule has 5 amide bonds. The number of ether oxygens (including phenoxy) is 3. The minimum atomic E-state index is -1.27. The van der Waals surface area contributed by atoms with Crippen molar-refractivity contribution in [3.8, 4) is 17.2 Å². The predicted octanol–water partition coefficient (Wildman–Crippen LogP) is 2.66. The third kappa shape index (κ3) is 11.2. The van der Waals surface area contributed by atoms with E-state index in [-0.39, 0.29) is 36.9 Å². The number of amides is 5. The van der Waals surface area contributed by atoms with Gasteiger partial charge >= 0.3 is 0 Å². The third-order valence-electron chi connectivity index (χ3n) is 8.67. The van der Waals surface area contributed by atoms with E-state index < -0.39 is 54.1 Å². The number of fused-ring (bicyclic) bond motifs is 1. The van der Waals surface area contributed by atoms with E-state index in [0.29, 0.717) is 30.8 Å². The van der Waals surface area contributed by atoms with Gasteiger partial charge in [-0.05, 0) is 60.6 Å². The summed E-state index contributed by atoms with van der Waals surface area (Å²) in [6, 6.07) is 19.0. The van der Waals surface area contributed by atoms with E-state index in [1.165, 1.54) is 11.9 Å². The summed E-state index contributed by atoms with van der Waals surface area (Å²) in [6.45, 7) is 3.57. The molecule has 1 heterocycles. The molecule has 1 aliphatic rings. The first-order valence-electron chi connectivity index (χ1n) is 17.4. The molecule has 52 heavy (non-hydrogen) atoms. The van der Waals surface area contributed by atoms with Gasteiger partial charge in [0.25, 0.3) is 5.91 Å². The maximum atomic E-state index is 13.7. The van der Waals surface area contributed by atoms with Gasteiger partial charge < -0.3 is 40.4 Å². The van der Waals surface area contributed by atoms with Gasteiger partial charge in [0.1, 0.15) is 24.4 Å². The van der Waals surface area contributed by atoms with Crippen LogP contribution in [-0.2, 0) is 32.0 Å². The Morgan fingerprint density at radius 1 is 0.885 bits per heavy atom. The highest BCUT2D eigenvalue weighted by molar-refractivity contribution is 6.01. The van der Waals surface area contributed by atoms with Gasteiger partial charge in [-0.3, -0.25) is 24.0 Å². The van der Waals surface area contributed by atoms with E-state index in [1.54, 1.807) is 52.3 Å². The predicted molar refractivity (Wildman–Crippen MR) is 195 cm³/mol. The molecule has 0 saturated heterocycles. The molecule has 0 aromatic heterocycles. The topological polar surface area (TPSA) is 164 Å². The molecule has 0 radical (unpaired) electrons. The highest BCUT2D eigenvalue weighted by atomic mass is 16.5. The number of benzene rings is 3. The van der Waals surface area contributed by atoms with E-state index in [0.717, 1.165) is 11.1 Å². The minimum absolute atomic E-state index is 0.0151. The van der Waals surface area contributed by atoms with Crippen LogP contribution in [0.4, 0.5) is 0 Å². The highest BCUT2D eigenvalue weighted by Crippen LogP contribution is 2.28. The van der Waals surface area contributed by atoms with Gasteiger partial charge in [0.05, 0.1) is 38.8 Å². The molecular weight excluding hydrogens is 666 g/mol. The van der Waals surface area contributed by atoms with Crippen LogP contribution in [0.1, 0.15) is 48.2 Å². The molecule has 0 fully saturated rings. The number of nitrogens with one attached hydrogen (secondary N) is 4. The van der Waals surface area contributed by atoms with Crippen LogP contribution >= 0.6 is 0 Å². The number of hydrogen-bond donors (Lipinski definition) is 4. The van der Waals surface area contributed by atoms with Crippen molar-refractivity contribution in [3.05, 3.63) is 89.5 Å². The molecule has 0 bridgehead atoms.